The molecule has 2 atom stereocenters. The predicted molar refractivity (Wildman–Crippen MR) is 88.5 cm³/mol. The van der Waals surface area contributed by atoms with Gasteiger partial charge in [-0.05, 0) is 20.0 Å². The molecule has 0 aliphatic carbocycles. The van der Waals surface area contributed by atoms with Crippen molar-refractivity contribution in [2.45, 2.75) is 40.2 Å². The number of carbonyl (C=O) groups is 1. The zero-order valence-electron chi connectivity index (χ0n) is 14.8. The molecular weight excluding hydrogens is 266 g/mol. The fourth-order valence-corrected chi connectivity index (χ4v) is 2.49. The number of rotatable bonds is 7. The molecule has 0 aromatic rings. The van der Waals surface area contributed by atoms with Crippen molar-refractivity contribution in [3.63, 3.8) is 0 Å². The Morgan fingerprint density at radius 2 is 1.86 bits per heavy atom. The minimum Gasteiger partial charge on any atom is -0.379 e. The molecule has 1 fully saturated rings. The van der Waals surface area contributed by atoms with Gasteiger partial charge >= 0.3 is 0 Å². The Balaban J connectivity index is 0.00000191. The van der Waals surface area contributed by atoms with E-state index < -0.39 is 0 Å². The molecule has 126 valence electrons. The molecule has 0 radical (unpaired) electrons. The van der Waals surface area contributed by atoms with E-state index in [1.807, 2.05) is 32.8 Å². The quantitative estimate of drug-likeness (QED) is 0.773. The molecular formula is C16H35N3O2. The summed E-state index contributed by atoms with van der Waals surface area (Å²) in [6.45, 7) is 13.4. The van der Waals surface area contributed by atoms with Crippen LogP contribution in [0.4, 0.5) is 0 Å². The van der Waals surface area contributed by atoms with Gasteiger partial charge in [0.15, 0.2) is 0 Å². The van der Waals surface area contributed by atoms with Crippen LogP contribution in [0.1, 0.15) is 34.1 Å². The lowest BCUT2D eigenvalue weighted by atomic mass is 9.97. The van der Waals surface area contributed by atoms with Crippen LogP contribution in [0, 0.1) is 5.92 Å². The molecule has 0 bridgehead atoms. The van der Waals surface area contributed by atoms with E-state index in [1.165, 1.54) is 0 Å². The minimum absolute atomic E-state index is 0.0327. The highest BCUT2D eigenvalue weighted by molar-refractivity contribution is 5.81. The average molecular weight is 301 g/mol. The number of ether oxygens (including phenoxy) is 1. The van der Waals surface area contributed by atoms with Gasteiger partial charge in [0.25, 0.3) is 0 Å². The van der Waals surface area contributed by atoms with Gasteiger partial charge in [0.2, 0.25) is 5.91 Å². The number of morpholine rings is 1. The number of likely N-dealkylation sites (N-methyl/N-ethyl adjacent to an activating group) is 1. The molecule has 0 spiro atoms. The van der Waals surface area contributed by atoms with Gasteiger partial charge in [0.05, 0.1) is 19.3 Å². The van der Waals surface area contributed by atoms with E-state index in [2.05, 4.69) is 24.1 Å². The van der Waals surface area contributed by atoms with E-state index in [0.29, 0.717) is 5.92 Å². The molecule has 0 aromatic heterocycles. The van der Waals surface area contributed by atoms with Gasteiger partial charge < -0.3 is 10.1 Å². The lowest BCUT2D eigenvalue weighted by molar-refractivity contribution is -0.127. The lowest BCUT2D eigenvalue weighted by Gasteiger charge is -2.30. The van der Waals surface area contributed by atoms with Gasteiger partial charge in [-0.2, -0.15) is 0 Å². The standard InChI is InChI=1S/C14H29N3O2.C2H6/c1-5-12(2)13(16(3)4)14(18)15-6-7-17-8-10-19-11-9-17;1-2/h12-13H,5-11H2,1-4H3,(H,15,18);1-2H3. The normalized spacial score (nSPS) is 18.6. The summed E-state index contributed by atoms with van der Waals surface area (Å²) in [4.78, 5) is 16.6. The molecule has 2 unspecified atom stereocenters. The van der Waals surface area contributed by atoms with Crippen molar-refractivity contribution < 1.29 is 9.53 Å². The van der Waals surface area contributed by atoms with E-state index in [0.717, 1.165) is 45.8 Å². The molecule has 1 rings (SSSR count). The molecule has 0 saturated carbocycles. The maximum atomic E-state index is 12.2. The summed E-state index contributed by atoms with van der Waals surface area (Å²) in [5, 5.41) is 3.06. The summed E-state index contributed by atoms with van der Waals surface area (Å²) >= 11 is 0. The predicted octanol–water partition coefficient (Wildman–Crippen LogP) is 1.44. The fourth-order valence-electron chi connectivity index (χ4n) is 2.49. The van der Waals surface area contributed by atoms with Gasteiger partial charge in [-0.15, -0.1) is 0 Å². The molecule has 5 heteroatoms. The van der Waals surface area contributed by atoms with E-state index in [1.54, 1.807) is 0 Å². The molecule has 1 amide bonds. The van der Waals surface area contributed by atoms with Crippen LogP contribution in [-0.2, 0) is 9.53 Å². The Bertz CT molecular complexity index is 266. The second kappa shape index (κ2) is 12.0. The number of carbonyl (C=O) groups excluding carboxylic acids is 1. The van der Waals surface area contributed by atoms with Crippen molar-refractivity contribution in [2.75, 3.05) is 53.5 Å². The van der Waals surface area contributed by atoms with Crippen LogP contribution >= 0.6 is 0 Å². The number of hydrogen-bond donors (Lipinski definition) is 1. The summed E-state index contributed by atoms with van der Waals surface area (Å²) in [6, 6.07) is -0.0327. The third-order valence-corrected chi connectivity index (χ3v) is 3.84. The zero-order chi connectivity index (χ0) is 16.3. The molecule has 1 saturated heterocycles. The van der Waals surface area contributed by atoms with Gasteiger partial charge in [-0.25, -0.2) is 0 Å². The van der Waals surface area contributed by atoms with Crippen LogP contribution in [0.3, 0.4) is 0 Å². The van der Waals surface area contributed by atoms with Crippen LogP contribution in [0.2, 0.25) is 0 Å². The average Bonchev–Trinajstić information content (AvgIpc) is 2.50. The van der Waals surface area contributed by atoms with E-state index >= 15 is 0 Å². The van der Waals surface area contributed by atoms with Gasteiger partial charge in [-0.1, -0.05) is 34.1 Å². The second-order valence-electron chi connectivity index (χ2n) is 5.54. The van der Waals surface area contributed by atoms with Crippen LogP contribution in [-0.4, -0.2) is 75.2 Å². The summed E-state index contributed by atoms with van der Waals surface area (Å²) in [6.07, 6.45) is 1.01. The van der Waals surface area contributed by atoms with Crippen molar-refractivity contribution in [3.05, 3.63) is 0 Å². The minimum atomic E-state index is -0.0327. The SMILES string of the molecule is CC.CCC(C)C(C(=O)NCCN1CCOCC1)N(C)C. The van der Waals surface area contributed by atoms with Crippen LogP contribution < -0.4 is 5.32 Å². The number of nitrogens with one attached hydrogen (secondary N) is 1. The fraction of sp³-hybridized carbons (Fsp3) is 0.938. The summed E-state index contributed by atoms with van der Waals surface area (Å²) in [5.41, 5.74) is 0. The Hall–Kier alpha value is -0.650. The molecule has 1 heterocycles. The maximum Gasteiger partial charge on any atom is 0.237 e. The Labute approximate surface area is 131 Å². The summed E-state index contributed by atoms with van der Waals surface area (Å²) in [7, 11) is 3.94. The highest BCUT2D eigenvalue weighted by Gasteiger charge is 2.25. The lowest BCUT2D eigenvalue weighted by Crippen LogP contribution is -2.49. The molecule has 5 nitrogen and oxygen atoms in total. The first-order valence-electron chi connectivity index (χ1n) is 8.30. The van der Waals surface area contributed by atoms with Gasteiger partial charge in [-0.3, -0.25) is 14.6 Å². The highest BCUT2D eigenvalue weighted by atomic mass is 16.5. The topological polar surface area (TPSA) is 44.8 Å². The third-order valence-electron chi connectivity index (χ3n) is 3.84. The van der Waals surface area contributed by atoms with E-state index in [4.69, 9.17) is 4.74 Å². The van der Waals surface area contributed by atoms with Crippen LogP contribution in [0.5, 0.6) is 0 Å². The van der Waals surface area contributed by atoms with Crippen molar-refractivity contribution in [1.82, 2.24) is 15.1 Å². The monoisotopic (exact) mass is 301 g/mol. The van der Waals surface area contributed by atoms with Crippen LogP contribution in [0.15, 0.2) is 0 Å². The second-order valence-corrected chi connectivity index (χ2v) is 5.54. The number of amides is 1. The van der Waals surface area contributed by atoms with Crippen molar-refractivity contribution in [2.24, 2.45) is 5.92 Å². The van der Waals surface area contributed by atoms with E-state index in [-0.39, 0.29) is 11.9 Å². The highest BCUT2D eigenvalue weighted by Crippen LogP contribution is 2.12. The molecule has 1 aliphatic rings. The zero-order valence-corrected chi connectivity index (χ0v) is 14.8. The van der Waals surface area contributed by atoms with Crippen molar-refractivity contribution in [3.8, 4) is 0 Å². The van der Waals surface area contributed by atoms with Crippen molar-refractivity contribution in [1.29, 1.82) is 0 Å². The first kappa shape index (κ1) is 20.3. The maximum absolute atomic E-state index is 12.2. The summed E-state index contributed by atoms with van der Waals surface area (Å²) < 4.78 is 5.31. The van der Waals surface area contributed by atoms with Gasteiger partial charge in [0, 0.05) is 26.2 Å². The molecule has 1 aliphatic heterocycles. The summed E-state index contributed by atoms with van der Waals surface area (Å²) in [5.74, 6) is 0.519. The van der Waals surface area contributed by atoms with Crippen LogP contribution in [0.25, 0.3) is 0 Å². The molecule has 0 aromatic carbocycles. The smallest absolute Gasteiger partial charge is 0.237 e. The Kier molecular flexibility index (Phi) is 11.6. The third kappa shape index (κ3) is 7.79. The molecule has 21 heavy (non-hydrogen) atoms. The number of nitrogens with zero attached hydrogens (tertiary/aromatic N) is 2. The number of hydrogen-bond acceptors (Lipinski definition) is 4. The Morgan fingerprint density at radius 3 is 2.33 bits per heavy atom. The molecule has 1 N–H and O–H groups in total. The Morgan fingerprint density at radius 1 is 1.29 bits per heavy atom. The largest absolute Gasteiger partial charge is 0.379 e. The van der Waals surface area contributed by atoms with E-state index in [9.17, 15) is 4.79 Å². The first-order chi connectivity index (χ1) is 10.1. The van der Waals surface area contributed by atoms with Crippen molar-refractivity contribution >= 4 is 5.91 Å². The van der Waals surface area contributed by atoms with Gasteiger partial charge in [0.1, 0.15) is 0 Å². The first-order valence-corrected chi connectivity index (χ1v) is 8.30.